The van der Waals surface area contributed by atoms with Gasteiger partial charge in [-0.05, 0) is 37.1 Å². The molecule has 0 saturated carbocycles. The lowest BCUT2D eigenvalue weighted by atomic mass is 10.1. The van der Waals surface area contributed by atoms with Gasteiger partial charge in [0.2, 0.25) is 0 Å². The Morgan fingerprint density at radius 3 is 2.50 bits per heavy atom. The maximum atomic E-state index is 10.6. The van der Waals surface area contributed by atoms with Crippen molar-refractivity contribution >= 4 is 17.6 Å². The van der Waals surface area contributed by atoms with Gasteiger partial charge in [-0.25, -0.2) is 0 Å². The van der Waals surface area contributed by atoms with Gasteiger partial charge >= 0.3 is 5.97 Å². The third-order valence-corrected chi connectivity index (χ3v) is 3.14. The Kier molecular flexibility index (Phi) is 4.99. The molecule has 1 N–H and O–H groups in total. The number of aliphatic carboxylic acids is 1. The summed E-state index contributed by atoms with van der Waals surface area (Å²) < 4.78 is 5.43. The fourth-order valence-corrected chi connectivity index (χ4v) is 1.64. The summed E-state index contributed by atoms with van der Waals surface area (Å²) in [6.45, 7) is 3.93. The Morgan fingerprint density at radius 2 is 2.06 bits per heavy atom. The van der Waals surface area contributed by atoms with Crippen LogP contribution in [-0.4, -0.2) is 17.7 Å². The largest absolute Gasteiger partial charge is 0.494 e. The van der Waals surface area contributed by atoms with Crippen LogP contribution < -0.4 is 4.74 Å². The summed E-state index contributed by atoms with van der Waals surface area (Å²) in [5.41, 5.74) is 1.81. The minimum Gasteiger partial charge on any atom is -0.494 e. The molecule has 0 fully saturated rings. The van der Waals surface area contributed by atoms with Gasteiger partial charge in [-0.3, -0.25) is 4.79 Å². The summed E-state index contributed by atoms with van der Waals surface area (Å²) in [6.07, 6.45) is 0.159. The third-order valence-electron chi connectivity index (χ3n) is 2.54. The van der Waals surface area contributed by atoms with Gasteiger partial charge in [0.1, 0.15) is 11.7 Å². The molecule has 4 nitrogen and oxygen atoms in total. The number of hydrogen-bond acceptors (Lipinski definition) is 3. The van der Waals surface area contributed by atoms with Gasteiger partial charge in [-0.2, -0.15) is 5.26 Å². The normalized spacial score (nSPS) is 11.7. The first-order valence-electron chi connectivity index (χ1n) is 5.47. The maximum absolute atomic E-state index is 10.6. The molecule has 0 saturated heterocycles. The van der Waals surface area contributed by atoms with E-state index in [1.807, 2.05) is 13.8 Å². The number of nitrogens with zero attached hydrogens (tertiary/aromatic N) is 1. The monoisotopic (exact) mass is 267 g/mol. The highest BCUT2D eigenvalue weighted by Crippen LogP contribution is 2.26. The molecule has 0 aromatic heterocycles. The van der Waals surface area contributed by atoms with Gasteiger partial charge in [-0.1, -0.05) is 11.6 Å². The second-order valence-corrected chi connectivity index (χ2v) is 4.41. The zero-order valence-electron chi connectivity index (χ0n) is 10.2. The van der Waals surface area contributed by atoms with Gasteiger partial charge in [0.05, 0.1) is 12.7 Å². The zero-order chi connectivity index (χ0) is 13.7. The minimum absolute atomic E-state index is 0.159. The van der Waals surface area contributed by atoms with Crippen molar-refractivity contribution in [2.45, 2.75) is 20.3 Å². The van der Waals surface area contributed by atoms with Gasteiger partial charge in [0.15, 0.2) is 0 Å². The van der Waals surface area contributed by atoms with Gasteiger partial charge in [0.25, 0.3) is 0 Å². The van der Waals surface area contributed by atoms with Crippen molar-refractivity contribution in [3.05, 3.63) is 28.3 Å². The minimum atomic E-state index is -1.12. The number of aryl methyl sites for hydroxylation is 2. The Hall–Kier alpha value is -1.73. The van der Waals surface area contributed by atoms with Crippen molar-refractivity contribution in [1.82, 2.24) is 0 Å². The second kappa shape index (κ2) is 6.27. The summed E-state index contributed by atoms with van der Waals surface area (Å²) >= 11 is 6.02. The molecule has 1 aromatic rings. The molecular formula is C13H14ClNO3. The molecule has 0 aliphatic heterocycles. The van der Waals surface area contributed by atoms with Crippen molar-refractivity contribution < 1.29 is 14.6 Å². The Labute approximate surface area is 111 Å². The van der Waals surface area contributed by atoms with Crippen molar-refractivity contribution in [1.29, 1.82) is 5.26 Å². The Morgan fingerprint density at radius 1 is 1.50 bits per heavy atom. The first kappa shape index (κ1) is 14.3. The molecule has 1 unspecified atom stereocenters. The lowest BCUT2D eigenvalue weighted by molar-refractivity contribution is -0.140. The molecule has 0 aliphatic rings. The molecule has 1 rings (SSSR count). The first-order chi connectivity index (χ1) is 8.45. The SMILES string of the molecule is Cc1cc(OCCC(C#N)C(=O)O)cc(C)c1Cl. The molecule has 0 heterocycles. The van der Waals surface area contributed by atoms with Crippen molar-refractivity contribution in [2.75, 3.05) is 6.61 Å². The number of carboxylic acids is 1. The predicted octanol–water partition coefficient (Wildman–Crippen LogP) is 2.95. The number of rotatable bonds is 5. The van der Waals surface area contributed by atoms with E-state index in [9.17, 15) is 4.79 Å². The first-order valence-corrected chi connectivity index (χ1v) is 5.85. The van der Waals surface area contributed by atoms with Crippen LogP contribution in [-0.2, 0) is 4.79 Å². The lowest BCUT2D eigenvalue weighted by Gasteiger charge is -2.10. The molecule has 96 valence electrons. The van der Waals surface area contributed by atoms with E-state index in [0.717, 1.165) is 11.1 Å². The van der Waals surface area contributed by atoms with Crippen molar-refractivity contribution in [2.24, 2.45) is 5.92 Å². The molecule has 0 radical (unpaired) electrons. The van der Waals surface area contributed by atoms with Crippen LogP contribution in [0.15, 0.2) is 12.1 Å². The standard InChI is InChI=1S/C13H14ClNO3/c1-8-5-11(6-9(2)12(8)14)18-4-3-10(7-15)13(16)17/h5-6,10H,3-4H2,1-2H3,(H,16,17). The van der Waals surface area contributed by atoms with E-state index in [-0.39, 0.29) is 13.0 Å². The van der Waals surface area contributed by atoms with E-state index in [1.165, 1.54) is 0 Å². The van der Waals surface area contributed by atoms with Gasteiger partial charge in [0, 0.05) is 11.4 Å². The number of ether oxygens (including phenoxy) is 1. The smallest absolute Gasteiger partial charge is 0.321 e. The summed E-state index contributed by atoms with van der Waals surface area (Å²) in [5, 5.41) is 18.0. The third kappa shape index (κ3) is 3.64. The number of halogens is 1. The average Bonchev–Trinajstić information content (AvgIpc) is 2.31. The van der Waals surface area contributed by atoms with Crippen molar-refractivity contribution in [3.63, 3.8) is 0 Å². The fourth-order valence-electron chi connectivity index (χ4n) is 1.53. The fraction of sp³-hybridized carbons (Fsp3) is 0.385. The molecule has 0 aliphatic carbocycles. The quantitative estimate of drug-likeness (QED) is 0.890. The number of benzene rings is 1. The van der Waals surface area contributed by atoms with E-state index in [2.05, 4.69) is 0 Å². The molecule has 0 bridgehead atoms. The Balaban J connectivity index is 2.60. The highest BCUT2D eigenvalue weighted by molar-refractivity contribution is 6.32. The van der Waals surface area contributed by atoms with E-state index < -0.39 is 11.9 Å². The van der Waals surface area contributed by atoms with E-state index in [0.29, 0.717) is 10.8 Å². The van der Waals surface area contributed by atoms with Crippen molar-refractivity contribution in [3.8, 4) is 11.8 Å². The van der Waals surface area contributed by atoms with Crippen LogP contribution >= 0.6 is 11.6 Å². The second-order valence-electron chi connectivity index (χ2n) is 4.03. The molecule has 1 atom stereocenters. The van der Waals surface area contributed by atoms with Crippen LogP contribution in [0.4, 0.5) is 0 Å². The average molecular weight is 268 g/mol. The zero-order valence-corrected chi connectivity index (χ0v) is 11.0. The predicted molar refractivity (Wildman–Crippen MR) is 67.8 cm³/mol. The number of carboxylic acid groups (broad SMARTS) is 1. The molecular weight excluding hydrogens is 254 g/mol. The van der Waals surface area contributed by atoms with E-state index in [4.69, 9.17) is 26.7 Å². The Bertz CT molecular complexity index is 470. The molecule has 1 aromatic carbocycles. The summed E-state index contributed by atoms with van der Waals surface area (Å²) in [6, 6.07) is 5.30. The van der Waals surface area contributed by atoms with Crippen LogP contribution in [0.3, 0.4) is 0 Å². The molecule has 5 heteroatoms. The topological polar surface area (TPSA) is 70.3 Å². The molecule has 18 heavy (non-hydrogen) atoms. The van der Waals surface area contributed by atoms with Gasteiger partial charge in [-0.15, -0.1) is 0 Å². The van der Waals surface area contributed by atoms with E-state index in [1.54, 1.807) is 18.2 Å². The van der Waals surface area contributed by atoms with Crippen LogP contribution in [0.25, 0.3) is 0 Å². The summed E-state index contributed by atoms with van der Waals surface area (Å²) in [4.78, 5) is 10.6. The highest BCUT2D eigenvalue weighted by Gasteiger charge is 2.16. The van der Waals surface area contributed by atoms with E-state index >= 15 is 0 Å². The highest BCUT2D eigenvalue weighted by atomic mass is 35.5. The number of hydrogen-bond donors (Lipinski definition) is 1. The van der Waals surface area contributed by atoms with Crippen LogP contribution in [0, 0.1) is 31.1 Å². The number of nitriles is 1. The lowest BCUT2D eigenvalue weighted by Crippen LogP contribution is -2.15. The van der Waals surface area contributed by atoms with Gasteiger partial charge < -0.3 is 9.84 Å². The molecule has 0 amide bonds. The maximum Gasteiger partial charge on any atom is 0.321 e. The van der Waals surface area contributed by atoms with Crippen LogP contribution in [0.5, 0.6) is 5.75 Å². The molecule has 0 spiro atoms. The van der Waals surface area contributed by atoms with Crippen LogP contribution in [0.2, 0.25) is 5.02 Å². The summed E-state index contributed by atoms with van der Waals surface area (Å²) in [7, 11) is 0. The number of carbonyl (C=O) groups is 1. The summed E-state index contributed by atoms with van der Waals surface area (Å²) in [5.74, 6) is -1.51. The van der Waals surface area contributed by atoms with Crippen LogP contribution in [0.1, 0.15) is 17.5 Å².